The van der Waals surface area contributed by atoms with Crippen LogP contribution in [0.25, 0.3) is 22.2 Å². The molecule has 0 radical (unpaired) electrons. The lowest BCUT2D eigenvalue weighted by atomic mass is 10.0. The number of rotatable bonds is 4. The molecular formula is C21H17N3O2. The lowest BCUT2D eigenvalue weighted by Gasteiger charge is -2.07. The average Bonchev–Trinajstić information content (AvgIpc) is 3.08. The zero-order chi connectivity index (χ0) is 17.9. The molecule has 0 bridgehead atoms. The molecule has 0 aliphatic carbocycles. The molecule has 0 saturated heterocycles. The number of hydrogen-bond donors (Lipinski definition) is 1. The maximum Gasteiger partial charge on any atom is 0.247 e. The van der Waals surface area contributed by atoms with Gasteiger partial charge in [-0.05, 0) is 40.6 Å². The number of benzene rings is 3. The van der Waals surface area contributed by atoms with E-state index in [9.17, 15) is 4.79 Å². The Morgan fingerprint density at radius 1 is 0.962 bits per heavy atom. The normalized spacial score (nSPS) is 10.8. The van der Waals surface area contributed by atoms with Crippen LogP contribution >= 0.6 is 0 Å². The fraction of sp³-hybridized carbons (Fsp3) is 0.0952. The fourth-order valence-electron chi connectivity index (χ4n) is 2.85. The molecule has 0 fully saturated rings. The van der Waals surface area contributed by atoms with E-state index in [-0.39, 0.29) is 5.91 Å². The SMILES string of the molecule is Cc1nnc(-c2ccc(NC(=O)Cc3ccc4ccccc4c3)cc2)o1. The Balaban J connectivity index is 1.43. The molecule has 0 spiro atoms. The molecule has 26 heavy (non-hydrogen) atoms. The summed E-state index contributed by atoms with van der Waals surface area (Å²) in [5, 5.41) is 13.0. The molecule has 0 unspecified atom stereocenters. The van der Waals surface area contributed by atoms with Crippen molar-refractivity contribution in [2.24, 2.45) is 0 Å². The Bertz CT molecular complexity index is 1070. The number of hydrogen-bond acceptors (Lipinski definition) is 4. The van der Waals surface area contributed by atoms with Crippen molar-refractivity contribution in [1.82, 2.24) is 10.2 Å². The van der Waals surface area contributed by atoms with E-state index < -0.39 is 0 Å². The predicted octanol–water partition coefficient (Wildman–Crippen LogP) is 4.38. The summed E-state index contributed by atoms with van der Waals surface area (Å²) in [6.45, 7) is 1.75. The van der Waals surface area contributed by atoms with Crippen LogP contribution in [0.4, 0.5) is 5.69 Å². The van der Waals surface area contributed by atoms with E-state index in [2.05, 4.69) is 33.7 Å². The Morgan fingerprint density at radius 3 is 2.46 bits per heavy atom. The van der Waals surface area contributed by atoms with Crippen LogP contribution in [0.5, 0.6) is 0 Å². The van der Waals surface area contributed by atoms with Gasteiger partial charge in [0, 0.05) is 18.2 Å². The van der Waals surface area contributed by atoms with Crippen LogP contribution in [0, 0.1) is 6.92 Å². The second kappa shape index (κ2) is 6.80. The lowest BCUT2D eigenvalue weighted by molar-refractivity contribution is -0.115. The molecule has 1 N–H and O–H groups in total. The van der Waals surface area contributed by atoms with E-state index >= 15 is 0 Å². The Kier molecular flexibility index (Phi) is 4.19. The zero-order valence-corrected chi connectivity index (χ0v) is 14.3. The molecule has 1 aromatic heterocycles. The first-order valence-corrected chi connectivity index (χ1v) is 8.35. The number of carbonyl (C=O) groups excluding carboxylic acids is 1. The molecule has 4 aromatic rings. The van der Waals surface area contributed by atoms with Gasteiger partial charge in [-0.15, -0.1) is 10.2 Å². The highest BCUT2D eigenvalue weighted by molar-refractivity contribution is 5.93. The van der Waals surface area contributed by atoms with Crippen LogP contribution in [-0.2, 0) is 11.2 Å². The van der Waals surface area contributed by atoms with Crippen molar-refractivity contribution in [2.45, 2.75) is 13.3 Å². The third kappa shape index (κ3) is 3.47. The zero-order valence-electron chi connectivity index (χ0n) is 14.3. The summed E-state index contributed by atoms with van der Waals surface area (Å²) in [5.41, 5.74) is 2.54. The average molecular weight is 343 g/mol. The van der Waals surface area contributed by atoms with Crippen molar-refractivity contribution in [3.05, 3.63) is 78.2 Å². The summed E-state index contributed by atoms with van der Waals surface area (Å²) < 4.78 is 5.40. The number of aryl methyl sites for hydroxylation is 1. The van der Waals surface area contributed by atoms with E-state index in [1.54, 1.807) is 6.92 Å². The van der Waals surface area contributed by atoms with Gasteiger partial charge < -0.3 is 9.73 Å². The van der Waals surface area contributed by atoms with Gasteiger partial charge in [-0.3, -0.25) is 4.79 Å². The molecule has 4 rings (SSSR count). The third-order valence-electron chi connectivity index (χ3n) is 4.12. The monoisotopic (exact) mass is 343 g/mol. The molecule has 0 aliphatic rings. The first-order chi connectivity index (χ1) is 12.7. The van der Waals surface area contributed by atoms with E-state index in [0.717, 1.165) is 22.2 Å². The summed E-state index contributed by atoms with van der Waals surface area (Å²) in [6, 6.07) is 21.5. The molecule has 128 valence electrons. The van der Waals surface area contributed by atoms with Crippen molar-refractivity contribution in [2.75, 3.05) is 5.32 Å². The number of nitrogens with one attached hydrogen (secondary N) is 1. The smallest absolute Gasteiger partial charge is 0.247 e. The number of fused-ring (bicyclic) bond motifs is 1. The number of carbonyl (C=O) groups is 1. The second-order valence-corrected chi connectivity index (χ2v) is 6.11. The summed E-state index contributed by atoms with van der Waals surface area (Å²) in [5.74, 6) is 0.936. The Hall–Kier alpha value is -3.47. The van der Waals surface area contributed by atoms with Gasteiger partial charge in [0.25, 0.3) is 0 Å². The highest BCUT2D eigenvalue weighted by Crippen LogP contribution is 2.20. The van der Waals surface area contributed by atoms with Crippen molar-refractivity contribution >= 4 is 22.4 Å². The van der Waals surface area contributed by atoms with Crippen LogP contribution in [0.1, 0.15) is 11.5 Å². The molecule has 0 aliphatic heterocycles. The van der Waals surface area contributed by atoms with E-state index in [0.29, 0.717) is 18.2 Å². The van der Waals surface area contributed by atoms with Gasteiger partial charge in [-0.1, -0.05) is 42.5 Å². The molecular weight excluding hydrogens is 326 g/mol. The van der Waals surface area contributed by atoms with Crippen LogP contribution in [0.2, 0.25) is 0 Å². The van der Waals surface area contributed by atoms with Crippen molar-refractivity contribution in [3.8, 4) is 11.5 Å². The molecule has 5 heteroatoms. The number of anilines is 1. The molecule has 3 aromatic carbocycles. The lowest BCUT2D eigenvalue weighted by Crippen LogP contribution is -2.14. The van der Waals surface area contributed by atoms with Gasteiger partial charge in [0.1, 0.15) is 0 Å². The largest absolute Gasteiger partial charge is 0.421 e. The Labute approximate surface area is 150 Å². The van der Waals surface area contributed by atoms with Gasteiger partial charge in [-0.25, -0.2) is 0 Å². The minimum Gasteiger partial charge on any atom is -0.421 e. The van der Waals surface area contributed by atoms with Crippen LogP contribution in [0.3, 0.4) is 0 Å². The highest BCUT2D eigenvalue weighted by atomic mass is 16.4. The first kappa shape index (κ1) is 16.0. The summed E-state index contributed by atoms with van der Waals surface area (Å²) in [4.78, 5) is 12.3. The minimum atomic E-state index is -0.0540. The number of nitrogens with zero attached hydrogens (tertiary/aromatic N) is 2. The summed E-state index contributed by atoms with van der Waals surface area (Å²) in [6.07, 6.45) is 0.329. The molecule has 1 amide bonds. The van der Waals surface area contributed by atoms with E-state index in [4.69, 9.17) is 4.42 Å². The molecule has 5 nitrogen and oxygen atoms in total. The van der Waals surface area contributed by atoms with Crippen molar-refractivity contribution in [3.63, 3.8) is 0 Å². The van der Waals surface area contributed by atoms with Crippen molar-refractivity contribution < 1.29 is 9.21 Å². The van der Waals surface area contributed by atoms with Crippen LogP contribution < -0.4 is 5.32 Å². The fourth-order valence-corrected chi connectivity index (χ4v) is 2.85. The molecule has 1 heterocycles. The third-order valence-corrected chi connectivity index (χ3v) is 4.12. The van der Waals surface area contributed by atoms with Gasteiger partial charge in [-0.2, -0.15) is 0 Å². The maximum atomic E-state index is 12.3. The van der Waals surface area contributed by atoms with E-state index in [1.807, 2.05) is 48.5 Å². The topological polar surface area (TPSA) is 68.0 Å². The van der Waals surface area contributed by atoms with Gasteiger partial charge >= 0.3 is 0 Å². The molecule has 0 atom stereocenters. The van der Waals surface area contributed by atoms with Crippen molar-refractivity contribution in [1.29, 1.82) is 0 Å². The van der Waals surface area contributed by atoms with Crippen LogP contribution in [0.15, 0.2) is 71.1 Å². The van der Waals surface area contributed by atoms with Gasteiger partial charge in [0.15, 0.2) is 0 Å². The van der Waals surface area contributed by atoms with Crippen LogP contribution in [-0.4, -0.2) is 16.1 Å². The minimum absolute atomic E-state index is 0.0540. The Morgan fingerprint density at radius 2 is 1.73 bits per heavy atom. The maximum absolute atomic E-state index is 12.3. The first-order valence-electron chi connectivity index (χ1n) is 8.35. The van der Waals surface area contributed by atoms with Gasteiger partial charge in [0.05, 0.1) is 6.42 Å². The van der Waals surface area contributed by atoms with E-state index in [1.165, 1.54) is 5.39 Å². The summed E-state index contributed by atoms with van der Waals surface area (Å²) in [7, 11) is 0. The molecule has 0 saturated carbocycles. The summed E-state index contributed by atoms with van der Waals surface area (Å²) >= 11 is 0. The second-order valence-electron chi connectivity index (χ2n) is 6.11. The number of aromatic nitrogens is 2. The predicted molar refractivity (Wildman–Crippen MR) is 101 cm³/mol. The number of amides is 1. The van der Waals surface area contributed by atoms with Gasteiger partial charge in [0.2, 0.25) is 17.7 Å². The highest BCUT2D eigenvalue weighted by Gasteiger charge is 2.08. The standard InChI is InChI=1S/C21H17N3O2/c1-14-23-24-21(26-14)17-8-10-19(11-9-17)22-20(25)13-15-6-7-16-4-2-3-5-18(16)12-15/h2-12H,13H2,1H3,(H,22,25). The quantitative estimate of drug-likeness (QED) is 0.597.